The zero-order chi connectivity index (χ0) is 14.0. The van der Waals surface area contributed by atoms with Crippen LogP contribution in [0.5, 0.6) is 0 Å². The molecule has 1 aromatic carbocycles. The van der Waals surface area contributed by atoms with E-state index in [1.54, 1.807) is 0 Å². The normalized spacial score (nSPS) is 10.5. The van der Waals surface area contributed by atoms with E-state index in [9.17, 15) is 18.0 Å². The lowest BCUT2D eigenvalue weighted by molar-refractivity contribution is -0.116. The number of anilines is 2. The Hall–Kier alpha value is -2.51. The molecule has 8 heteroatoms. The molecule has 0 saturated carbocycles. The third-order valence-electron chi connectivity index (χ3n) is 2.23. The second-order valence-corrected chi connectivity index (χ2v) is 3.77. The van der Waals surface area contributed by atoms with Crippen LogP contribution in [0, 0.1) is 17.5 Å². The zero-order valence-corrected chi connectivity index (χ0v) is 9.53. The largest absolute Gasteiger partial charge is 0.396 e. The molecule has 0 unspecified atom stereocenters. The van der Waals surface area contributed by atoms with Crippen molar-refractivity contribution in [3.05, 3.63) is 42.0 Å². The van der Waals surface area contributed by atoms with Crippen LogP contribution in [-0.2, 0) is 11.3 Å². The monoisotopic (exact) mass is 270 g/mol. The van der Waals surface area contributed by atoms with Crippen molar-refractivity contribution in [2.24, 2.45) is 0 Å². The lowest BCUT2D eigenvalue weighted by atomic mass is 10.3. The Labute approximate surface area is 105 Å². The molecule has 0 fully saturated rings. The van der Waals surface area contributed by atoms with Gasteiger partial charge < -0.3 is 11.1 Å². The molecule has 0 bridgehead atoms. The molecule has 1 heterocycles. The zero-order valence-electron chi connectivity index (χ0n) is 9.53. The average Bonchev–Trinajstić information content (AvgIpc) is 2.71. The Kier molecular flexibility index (Phi) is 3.41. The lowest BCUT2D eigenvalue weighted by Gasteiger charge is -2.06. The Balaban J connectivity index is 2.07. The summed E-state index contributed by atoms with van der Waals surface area (Å²) in [6, 6.07) is 1.38. The predicted molar refractivity (Wildman–Crippen MR) is 61.6 cm³/mol. The molecule has 3 N–H and O–H groups in total. The first-order chi connectivity index (χ1) is 8.95. The number of carbonyl (C=O) groups excluding carboxylic acids is 1. The maximum atomic E-state index is 12.9. The van der Waals surface area contributed by atoms with Crippen LogP contribution < -0.4 is 11.1 Å². The highest BCUT2D eigenvalue weighted by Gasteiger charge is 2.12. The fourth-order valence-corrected chi connectivity index (χ4v) is 1.44. The minimum atomic E-state index is -1.59. The number of nitrogens with two attached hydrogens (primary N) is 1. The average molecular weight is 270 g/mol. The van der Waals surface area contributed by atoms with Gasteiger partial charge in [-0.25, -0.2) is 13.2 Å². The van der Waals surface area contributed by atoms with Gasteiger partial charge in [-0.1, -0.05) is 0 Å². The van der Waals surface area contributed by atoms with Gasteiger partial charge in [-0.15, -0.1) is 0 Å². The summed E-state index contributed by atoms with van der Waals surface area (Å²) >= 11 is 0. The van der Waals surface area contributed by atoms with Crippen LogP contribution in [0.3, 0.4) is 0 Å². The fourth-order valence-electron chi connectivity index (χ4n) is 1.44. The summed E-state index contributed by atoms with van der Waals surface area (Å²) in [5, 5.41) is 5.99. The van der Waals surface area contributed by atoms with Crippen molar-refractivity contribution in [2.75, 3.05) is 11.1 Å². The van der Waals surface area contributed by atoms with Gasteiger partial charge in [0.05, 0.1) is 11.9 Å². The van der Waals surface area contributed by atoms with Crippen molar-refractivity contribution in [3.8, 4) is 0 Å². The van der Waals surface area contributed by atoms with Crippen LogP contribution in [0.1, 0.15) is 0 Å². The van der Waals surface area contributed by atoms with Gasteiger partial charge in [0.25, 0.3) is 0 Å². The highest BCUT2D eigenvalue weighted by molar-refractivity contribution is 5.90. The Morgan fingerprint density at radius 3 is 2.47 bits per heavy atom. The summed E-state index contributed by atoms with van der Waals surface area (Å²) in [7, 11) is 0. The first-order valence-electron chi connectivity index (χ1n) is 5.18. The third kappa shape index (κ3) is 3.03. The number of aromatic nitrogens is 2. The number of amides is 1. The topological polar surface area (TPSA) is 72.9 Å². The van der Waals surface area contributed by atoms with Crippen LogP contribution in [0.15, 0.2) is 24.5 Å². The SMILES string of the molecule is Nc1cnn(CC(=O)Nc2cc(F)c(F)c(F)c2)c1. The van der Waals surface area contributed by atoms with Gasteiger partial charge in [0, 0.05) is 24.0 Å². The van der Waals surface area contributed by atoms with Gasteiger partial charge in [0.2, 0.25) is 5.91 Å². The van der Waals surface area contributed by atoms with E-state index in [1.807, 2.05) is 0 Å². The first kappa shape index (κ1) is 12.9. The van der Waals surface area contributed by atoms with Crippen molar-refractivity contribution < 1.29 is 18.0 Å². The molecule has 5 nitrogen and oxygen atoms in total. The number of halogens is 3. The Bertz CT molecular complexity index is 603. The van der Waals surface area contributed by atoms with E-state index in [4.69, 9.17) is 5.73 Å². The Morgan fingerprint density at radius 2 is 1.95 bits per heavy atom. The highest BCUT2D eigenvalue weighted by atomic mass is 19.2. The van der Waals surface area contributed by atoms with Gasteiger partial charge >= 0.3 is 0 Å². The van der Waals surface area contributed by atoms with Gasteiger partial charge in [0.1, 0.15) is 6.54 Å². The quantitative estimate of drug-likeness (QED) is 0.830. The lowest BCUT2D eigenvalue weighted by Crippen LogP contribution is -2.19. The molecule has 2 aromatic rings. The summed E-state index contributed by atoms with van der Waals surface area (Å²) in [4.78, 5) is 11.5. The molecule has 100 valence electrons. The summed E-state index contributed by atoms with van der Waals surface area (Å²) in [6.45, 7) is -0.183. The molecule has 0 radical (unpaired) electrons. The van der Waals surface area contributed by atoms with Crippen LogP contribution >= 0.6 is 0 Å². The second kappa shape index (κ2) is 5.01. The summed E-state index contributed by atoms with van der Waals surface area (Å²) < 4.78 is 39.8. The molecule has 0 aliphatic rings. The number of nitrogens with zero attached hydrogens (tertiary/aromatic N) is 2. The van der Waals surface area contributed by atoms with E-state index in [1.165, 1.54) is 17.1 Å². The molecule has 0 atom stereocenters. The molecule has 19 heavy (non-hydrogen) atoms. The van der Waals surface area contributed by atoms with E-state index >= 15 is 0 Å². The minimum absolute atomic E-state index is 0.179. The number of nitrogens with one attached hydrogen (secondary N) is 1. The van der Waals surface area contributed by atoms with Crippen molar-refractivity contribution in [1.29, 1.82) is 0 Å². The predicted octanol–water partition coefficient (Wildman–Crippen LogP) is 1.52. The molecular weight excluding hydrogens is 261 g/mol. The van der Waals surface area contributed by atoms with E-state index in [0.29, 0.717) is 17.8 Å². The van der Waals surface area contributed by atoms with Crippen molar-refractivity contribution in [1.82, 2.24) is 9.78 Å². The number of carbonyl (C=O) groups is 1. The highest BCUT2D eigenvalue weighted by Crippen LogP contribution is 2.17. The summed E-state index contributed by atoms with van der Waals surface area (Å²) in [5.74, 6) is -4.91. The number of rotatable bonds is 3. The third-order valence-corrected chi connectivity index (χ3v) is 2.23. The van der Waals surface area contributed by atoms with Crippen LogP contribution in [0.2, 0.25) is 0 Å². The second-order valence-electron chi connectivity index (χ2n) is 3.77. The van der Waals surface area contributed by atoms with E-state index in [2.05, 4.69) is 10.4 Å². The van der Waals surface area contributed by atoms with Crippen LogP contribution in [0.4, 0.5) is 24.5 Å². The number of nitrogen functional groups attached to an aromatic ring is 1. The summed E-state index contributed by atoms with van der Waals surface area (Å²) in [6.07, 6.45) is 2.77. The molecule has 1 amide bonds. The maximum Gasteiger partial charge on any atom is 0.246 e. The van der Waals surface area contributed by atoms with E-state index < -0.39 is 23.4 Å². The van der Waals surface area contributed by atoms with Gasteiger partial charge in [-0.3, -0.25) is 9.48 Å². The van der Waals surface area contributed by atoms with Gasteiger partial charge in [0.15, 0.2) is 17.5 Å². The number of benzene rings is 1. The summed E-state index contributed by atoms with van der Waals surface area (Å²) in [5.41, 5.74) is 5.61. The minimum Gasteiger partial charge on any atom is -0.396 e. The maximum absolute atomic E-state index is 12.9. The van der Waals surface area contributed by atoms with Crippen molar-refractivity contribution >= 4 is 17.3 Å². The van der Waals surface area contributed by atoms with Gasteiger partial charge in [-0.05, 0) is 0 Å². The van der Waals surface area contributed by atoms with E-state index in [0.717, 1.165) is 0 Å². The van der Waals surface area contributed by atoms with Crippen LogP contribution in [0.25, 0.3) is 0 Å². The number of hydrogen-bond donors (Lipinski definition) is 2. The molecule has 0 aliphatic heterocycles. The van der Waals surface area contributed by atoms with E-state index in [-0.39, 0.29) is 12.2 Å². The molecule has 0 aliphatic carbocycles. The Morgan fingerprint density at radius 1 is 1.32 bits per heavy atom. The molecule has 2 rings (SSSR count). The number of hydrogen-bond acceptors (Lipinski definition) is 3. The standard InChI is InChI=1S/C11H9F3N4O/c12-8-1-7(2-9(13)11(8)14)17-10(19)5-18-4-6(15)3-16-18/h1-4H,5,15H2,(H,17,19). The molecule has 0 saturated heterocycles. The molecular formula is C11H9F3N4O. The van der Waals surface area contributed by atoms with Crippen molar-refractivity contribution in [3.63, 3.8) is 0 Å². The molecule has 0 spiro atoms. The smallest absolute Gasteiger partial charge is 0.246 e. The first-order valence-corrected chi connectivity index (χ1v) is 5.18. The molecule has 1 aromatic heterocycles. The fraction of sp³-hybridized carbons (Fsp3) is 0.0909. The van der Waals surface area contributed by atoms with Gasteiger partial charge in [-0.2, -0.15) is 5.10 Å². The van der Waals surface area contributed by atoms with Crippen molar-refractivity contribution in [2.45, 2.75) is 6.54 Å². The van der Waals surface area contributed by atoms with Crippen LogP contribution in [-0.4, -0.2) is 15.7 Å².